The Labute approximate surface area is 95.0 Å². The molecule has 1 aromatic rings. The molecule has 0 aliphatic rings. The van der Waals surface area contributed by atoms with Gasteiger partial charge in [-0.2, -0.15) is 0 Å². The van der Waals surface area contributed by atoms with Gasteiger partial charge in [0.05, 0.1) is 12.6 Å². The molecular weight excluding hydrogens is 206 g/mol. The van der Waals surface area contributed by atoms with Crippen LogP contribution in [0.3, 0.4) is 0 Å². The van der Waals surface area contributed by atoms with Gasteiger partial charge in [-0.1, -0.05) is 6.07 Å². The number of nitrogens with two attached hydrogens (primary N) is 1. The van der Waals surface area contributed by atoms with Crippen molar-refractivity contribution in [2.75, 3.05) is 13.7 Å². The smallest absolute Gasteiger partial charge is 0.239 e. The van der Waals surface area contributed by atoms with Crippen LogP contribution in [0.4, 0.5) is 0 Å². The van der Waals surface area contributed by atoms with Gasteiger partial charge < -0.3 is 15.8 Å². The molecule has 2 atom stereocenters. The van der Waals surface area contributed by atoms with Crippen LogP contribution in [0.2, 0.25) is 0 Å². The molecule has 3 N–H and O–H groups in total. The number of carbonyl (C=O) groups excluding carboxylic acids is 1. The maximum atomic E-state index is 11.6. The van der Waals surface area contributed by atoms with Crippen molar-refractivity contribution in [3.8, 4) is 0 Å². The van der Waals surface area contributed by atoms with Gasteiger partial charge in [-0.15, -0.1) is 0 Å². The van der Waals surface area contributed by atoms with Crippen LogP contribution in [-0.4, -0.2) is 30.6 Å². The second-order valence-corrected chi connectivity index (χ2v) is 3.58. The first-order valence-corrected chi connectivity index (χ1v) is 5.10. The normalized spacial score (nSPS) is 14.2. The number of nitrogens with one attached hydrogen (secondary N) is 1. The van der Waals surface area contributed by atoms with E-state index in [-0.39, 0.29) is 18.6 Å². The first-order chi connectivity index (χ1) is 7.65. The van der Waals surface area contributed by atoms with E-state index in [1.807, 2.05) is 19.1 Å². The highest BCUT2D eigenvalue weighted by Gasteiger charge is 2.16. The minimum absolute atomic E-state index is 0.107. The number of methoxy groups -OCH3 is 1. The van der Waals surface area contributed by atoms with Gasteiger partial charge in [-0.3, -0.25) is 9.78 Å². The van der Waals surface area contributed by atoms with Gasteiger partial charge in [0.1, 0.15) is 6.04 Å². The van der Waals surface area contributed by atoms with Gasteiger partial charge in [0.25, 0.3) is 0 Å². The van der Waals surface area contributed by atoms with Crippen molar-refractivity contribution < 1.29 is 9.53 Å². The van der Waals surface area contributed by atoms with E-state index in [0.717, 1.165) is 5.56 Å². The monoisotopic (exact) mass is 223 g/mol. The number of hydrogen-bond donors (Lipinski definition) is 2. The largest absolute Gasteiger partial charge is 0.383 e. The zero-order valence-corrected chi connectivity index (χ0v) is 9.51. The number of ether oxygens (including phenoxy) is 1. The molecule has 0 aliphatic heterocycles. The highest BCUT2D eigenvalue weighted by atomic mass is 16.5. The fourth-order valence-corrected chi connectivity index (χ4v) is 1.29. The second kappa shape index (κ2) is 6.19. The minimum atomic E-state index is -0.635. The maximum absolute atomic E-state index is 11.6. The van der Waals surface area contributed by atoms with Crippen LogP contribution >= 0.6 is 0 Å². The van der Waals surface area contributed by atoms with E-state index in [1.54, 1.807) is 12.4 Å². The van der Waals surface area contributed by atoms with Gasteiger partial charge in [-0.25, -0.2) is 0 Å². The topological polar surface area (TPSA) is 77.2 Å². The van der Waals surface area contributed by atoms with E-state index in [1.165, 1.54) is 7.11 Å². The van der Waals surface area contributed by atoms with Crippen LogP contribution < -0.4 is 11.1 Å². The highest BCUT2D eigenvalue weighted by molar-refractivity contribution is 5.82. The number of aromatic nitrogens is 1. The second-order valence-electron chi connectivity index (χ2n) is 3.58. The zero-order valence-electron chi connectivity index (χ0n) is 9.51. The lowest BCUT2D eigenvalue weighted by molar-refractivity contribution is -0.124. The van der Waals surface area contributed by atoms with Gasteiger partial charge in [-0.05, 0) is 18.6 Å². The Balaban J connectivity index is 2.51. The van der Waals surface area contributed by atoms with Crippen LogP contribution in [0.25, 0.3) is 0 Å². The van der Waals surface area contributed by atoms with Gasteiger partial charge >= 0.3 is 0 Å². The van der Waals surface area contributed by atoms with E-state index in [0.29, 0.717) is 0 Å². The zero-order chi connectivity index (χ0) is 12.0. The SMILES string of the molecule is COCC(N)C(=O)N[C@H](C)c1cccnc1. The predicted molar refractivity (Wildman–Crippen MR) is 60.6 cm³/mol. The third-order valence-corrected chi connectivity index (χ3v) is 2.23. The molecule has 0 bridgehead atoms. The molecule has 0 fully saturated rings. The Kier molecular flexibility index (Phi) is 4.88. The van der Waals surface area contributed by atoms with Crippen molar-refractivity contribution >= 4 is 5.91 Å². The molecule has 1 heterocycles. The Morgan fingerprint density at radius 1 is 1.69 bits per heavy atom. The average Bonchev–Trinajstić information content (AvgIpc) is 2.30. The number of rotatable bonds is 5. The number of nitrogens with zero attached hydrogens (tertiary/aromatic N) is 1. The number of pyridine rings is 1. The van der Waals surface area contributed by atoms with E-state index in [4.69, 9.17) is 10.5 Å². The molecule has 1 amide bonds. The number of carbonyl (C=O) groups is 1. The molecule has 88 valence electrons. The summed E-state index contributed by atoms with van der Waals surface area (Å²) in [6.07, 6.45) is 3.40. The third kappa shape index (κ3) is 3.60. The average molecular weight is 223 g/mol. The molecule has 0 spiro atoms. The first-order valence-electron chi connectivity index (χ1n) is 5.10. The van der Waals surface area contributed by atoms with Crippen LogP contribution in [0.1, 0.15) is 18.5 Å². The van der Waals surface area contributed by atoms with E-state index in [2.05, 4.69) is 10.3 Å². The quantitative estimate of drug-likeness (QED) is 0.749. The molecule has 1 rings (SSSR count). The van der Waals surface area contributed by atoms with Crippen LogP contribution in [0, 0.1) is 0 Å². The Bertz CT molecular complexity index is 329. The van der Waals surface area contributed by atoms with Crippen LogP contribution in [0.15, 0.2) is 24.5 Å². The van der Waals surface area contributed by atoms with E-state index < -0.39 is 6.04 Å². The molecule has 16 heavy (non-hydrogen) atoms. The van der Waals surface area contributed by atoms with Crippen LogP contribution in [0.5, 0.6) is 0 Å². The Hall–Kier alpha value is -1.46. The van der Waals surface area contributed by atoms with Gasteiger partial charge in [0.2, 0.25) is 5.91 Å². The maximum Gasteiger partial charge on any atom is 0.239 e. The van der Waals surface area contributed by atoms with Gasteiger partial charge in [0.15, 0.2) is 0 Å². The Morgan fingerprint density at radius 3 is 3.00 bits per heavy atom. The third-order valence-electron chi connectivity index (χ3n) is 2.23. The summed E-state index contributed by atoms with van der Waals surface area (Å²) in [5.74, 6) is -0.224. The molecule has 1 unspecified atom stereocenters. The van der Waals surface area contributed by atoms with E-state index in [9.17, 15) is 4.79 Å². The summed E-state index contributed by atoms with van der Waals surface area (Å²) < 4.78 is 4.81. The van der Waals surface area contributed by atoms with Crippen molar-refractivity contribution in [2.45, 2.75) is 19.0 Å². The summed E-state index contributed by atoms with van der Waals surface area (Å²) in [6, 6.07) is 2.99. The highest BCUT2D eigenvalue weighted by Crippen LogP contribution is 2.09. The van der Waals surface area contributed by atoms with Crippen molar-refractivity contribution in [3.63, 3.8) is 0 Å². The van der Waals surface area contributed by atoms with E-state index >= 15 is 0 Å². The lowest BCUT2D eigenvalue weighted by Crippen LogP contribution is -2.44. The summed E-state index contributed by atoms with van der Waals surface area (Å²) in [6.45, 7) is 2.10. The van der Waals surface area contributed by atoms with Crippen LogP contribution in [-0.2, 0) is 9.53 Å². The Morgan fingerprint density at radius 2 is 2.44 bits per heavy atom. The van der Waals surface area contributed by atoms with Crippen molar-refractivity contribution in [1.82, 2.24) is 10.3 Å². The summed E-state index contributed by atoms with van der Waals surface area (Å²) in [5.41, 5.74) is 6.55. The number of amides is 1. The molecule has 5 nitrogen and oxygen atoms in total. The summed E-state index contributed by atoms with van der Waals surface area (Å²) in [4.78, 5) is 15.6. The summed E-state index contributed by atoms with van der Waals surface area (Å²) in [7, 11) is 1.51. The van der Waals surface area contributed by atoms with Crippen molar-refractivity contribution in [2.24, 2.45) is 5.73 Å². The van der Waals surface area contributed by atoms with Crippen molar-refractivity contribution in [3.05, 3.63) is 30.1 Å². The molecule has 0 saturated carbocycles. The molecule has 1 aromatic heterocycles. The lowest BCUT2D eigenvalue weighted by Gasteiger charge is -2.17. The standard InChI is InChI=1S/C11H17N3O2/c1-8(9-4-3-5-13-6-9)14-11(15)10(12)7-16-2/h3-6,8,10H,7,12H2,1-2H3,(H,14,15)/t8-,10?/m1/s1. The predicted octanol–water partition coefficient (Wildman–Crippen LogP) is 0.233. The minimum Gasteiger partial charge on any atom is -0.383 e. The fraction of sp³-hybridized carbons (Fsp3) is 0.455. The molecule has 0 aliphatic carbocycles. The molecule has 5 heteroatoms. The summed E-state index contributed by atoms with van der Waals surface area (Å²) in [5, 5.41) is 2.80. The lowest BCUT2D eigenvalue weighted by atomic mass is 10.1. The molecular formula is C11H17N3O2. The molecule has 0 aromatic carbocycles. The number of hydrogen-bond acceptors (Lipinski definition) is 4. The summed E-state index contributed by atoms with van der Waals surface area (Å²) >= 11 is 0. The fourth-order valence-electron chi connectivity index (χ4n) is 1.29. The molecule has 0 radical (unpaired) electrons. The van der Waals surface area contributed by atoms with Crippen molar-refractivity contribution in [1.29, 1.82) is 0 Å². The molecule has 0 saturated heterocycles. The first kappa shape index (κ1) is 12.6. The van der Waals surface area contributed by atoms with Gasteiger partial charge in [0, 0.05) is 19.5 Å².